The number of benzene rings is 4. The van der Waals surface area contributed by atoms with Crippen molar-refractivity contribution in [2.24, 2.45) is 5.10 Å². The predicted octanol–water partition coefficient (Wildman–Crippen LogP) is 8.68. The predicted molar refractivity (Wildman–Crippen MR) is 177 cm³/mol. The van der Waals surface area contributed by atoms with E-state index in [2.05, 4.69) is 31.4 Å². The molecular formula is C33H26BrCl2N3O5. The van der Waals surface area contributed by atoms with E-state index in [1.807, 2.05) is 32.0 Å². The first-order valence-electron chi connectivity index (χ1n) is 13.6. The van der Waals surface area contributed by atoms with E-state index < -0.39 is 11.9 Å². The lowest BCUT2D eigenvalue weighted by molar-refractivity contribution is 0.0733. The Morgan fingerprint density at radius 1 is 0.909 bits per heavy atom. The Kier molecular flexibility index (Phi) is 9.89. The van der Waals surface area contributed by atoms with E-state index in [0.29, 0.717) is 57.0 Å². The molecule has 0 unspecified atom stereocenters. The highest BCUT2D eigenvalue weighted by atomic mass is 79.9. The topological polar surface area (TPSA) is 102 Å². The molecule has 0 aliphatic rings. The first-order chi connectivity index (χ1) is 21.3. The first-order valence-corrected chi connectivity index (χ1v) is 15.1. The molecule has 5 rings (SSSR count). The van der Waals surface area contributed by atoms with Gasteiger partial charge in [-0.25, -0.2) is 10.2 Å². The maximum Gasteiger partial charge on any atom is 0.343 e. The molecule has 5 aromatic rings. The van der Waals surface area contributed by atoms with Gasteiger partial charge in [-0.3, -0.25) is 4.79 Å². The third-order valence-corrected chi connectivity index (χ3v) is 7.51. The highest BCUT2D eigenvalue weighted by molar-refractivity contribution is 9.10. The second-order valence-corrected chi connectivity index (χ2v) is 11.1. The van der Waals surface area contributed by atoms with Crippen LogP contribution in [-0.2, 0) is 0 Å². The SMILES string of the molecule is CCOc1ccc(C(=O)Oc2ccc(Br)cc2C=NNC(=O)c2[nH]c3ccc(Cl)cc3c2-c2ccccc2Cl)cc1OCC. The summed E-state index contributed by atoms with van der Waals surface area (Å²) in [6.45, 7) is 4.57. The zero-order valence-corrected chi connectivity index (χ0v) is 26.7. The average molecular weight is 695 g/mol. The quantitative estimate of drug-likeness (QED) is 0.0659. The molecule has 0 aliphatic heterocycles. The van der Waals surface area contributed by atoms with Crippen molar-refractivity contribution in [1.29, 1.82) is 0 Å². The fourth-order valence-corrected chi connectivity index (χ4v) is 5.33. The molecule has 0 saturated heterocycles. The number of nitrogens with zero attached hydrogens (tertiary/aromatic N) is 1. The van der Waals surface area contributed by atoms with Gasteiger partial charge in [0.2, 0.25) is 0 Å². The van der Waals surface area contributed by atoms with Gasteiger partial charge in [-0.15, -0.1) is 0 Å². The second-order valence-electron chi connectivity index (χ2n) is 9.34. The van der Waals surface area contributed by atoms with Gasteiger partial charge in [0.25, 0.3) is 5.91 Å². The zero-order valence-electron chi connectivity index (χ0n) is 23.6. The minimum atomic E-state index is -0.601. The second kappa shape index (κ2) is 14.0. The normalized spacial score (nSPS) is 11.1. The van der Waals surface area contributed by atoms with E-state index in [9.17, 15) is 9.59 Å². The van der Waals surface area contributed by atoms with Crippen LogP contribution in [0.3, 0.4) is 0 Å². The summed E-state index contributed by atoms with van der Waals surface area (Å²) in [5.74, 6) is 0.111. The number of aromatic amines is 1. The Morgan fingerprint density at radius 2 is 1.66 bits per heavy atom. The Labute approximate surface area is 272 Å². The smallest absolute Gasteiger partial charge is 0.343 e. The molecule has 1 heterocycles. The molecule has 0 aliphatic carbocycles. The molecule has 0 atom stereocenters. The minimum Gasteiger partial charge on any atom is -0.490 e. The number of nitrogens with one attached hydrogen (secondary N) is 2. The van der Waals surface area contributed by atoms with E-state index in [1.165, 1.54) is 6.21 Å². The monoisotopic (exact) mass is 693 g/mol. The van der Waals surface area contributed by atoms with Crippen LogP contribution in [0.1, 0.15) is 40.3 Å². The molecule has 0 spiro atoms. The third kappa shape index (κ3) is 6.91. The molecule has 8 nitrogen and oxygen atoms in total. The summed E-state index contributed by atoms with van der Waals surface area (Å²) >= 11 is 16.2. The molecule has 44 heavy (non-hydrogen) atoms. The molecule has 0 saturated carbocycles. The first kappa shape index (κ1) is 31.1. The van der Waals surface area contributed by atoms with Crippen LogP contribution < -0.4 is 19.6 Å². The van der Waals surface area contributed by atoms with Gasteiger partial charge in [-0.05, 0) is 74.5 Å². The molecule has 0 radical (unpaired) electrons. The summed E-state index contributed by atoms with van der Waals surface area (Å²) in [4.78, 5) is 29.7. The van der Waals surface area contributed by atoms with Gasteiger partial charge in [-0.1, -0.05) is 57.3 Å². The van der Waals surface area contributed by atoms with Gasteiger partial charge < -0.3 is 19.2 Å². The molecule has 0 bridgehead atoms. The Bertz CT molecular complexity index is 1890. The Balaban J connectivity index is 1.40. The number of carbonyl (C=O) groups excluding carboxylic acids is 2. The highest BCUT2D eigenvalue weighted by Gasteiger charge is 2.21. The van der Waals surface area contributed by atoms with Crippen LogP contribution in [0.5, 0.6) is 17.2 Å². The zero-order chi connectivity index (χ0) is 31.2. The van der Waals surface area contributed by atoms with Crippen LogP contribution in [0, 0.1) is 0 Å². The molecule has 2 N–H and O–H groups in total. The van der Waals surface area contributed by atoms with Gasteiger partial charge in [-0.2, -0.15) is 5.10 Å². The average Bonchev–Trinajstić information content (AvgIpc) is 3.38. The van der Waals surface area contributed by atoms with Gasteiger partial charge in [0.05, 0.1) is 25.0 Å². The third-order valence-electron chi connectivity index (χ3n) is 6.45. The fraction of sp³-hybridized carbons (Fsp3) is 0.121. The lowest BCUT2D eigenvalue weighted by Gasteiger charge is -2.13. The molecule has 0 fully saturated rings. The maximum atomic E-state index is 13.4. The summed E-state index contributed by atoms with van der Waals surface area (Å²) in [7, 11) is 0. The number of esters is 1. The van der Waals surface area contributed by atoms with Gasteiger partial charge >= 0.3 is 5.97 Å². The number of hydrazone groups is 1. The van der Waals surface area contributed by atoms with E-state index in [4.69, 9.17) is 37.4 Å². The number of rotatable bonds is 10. The van der Waals surface area contributed by atoms with E-state index in [0.717, 1.165) is 9.86 Å². The molecular weight excluding hydrogens is 669 g/mol. The number of ether oxygens (including phenoxy) is 3. The number of hydrogen-bond donors (Lipinski definition) is 2. The minimum absolute atomic E-state index is 0.236. The van der Waals surface area contributed by atoms with Crippen LogP contribution in [-0.4, -0.2) is 36.3 Å². The van der Waals surface area contributed by atoms with Crippen molar-refractivity contribution in [2.45, 2.75) is 13.8 Å². The molecule has 1 aromatic heterocycles. The van der Waals surface area contributed by atoms with E-state index >= 15 is 0 Å². The molecule has 4 aromatic carbocycles. The number of H-pyrrole nitrogens is 1. The standard InChI is InChI=1S/C33H26BrCl2N3O5/c1-3-42-28-13-9-19(16-29(28)43-4-2)33(41)44-27-14-10-21(34)15-20(27)18-37-39-32(40)31-30(23-7-5-6-8-25(23)36)24-17-22(35)11-12-26(24)38-31/h5-18,38H,3-4H2,1-2H3,(H,39,40). The van der Waals surface area contributed by atoms with Crippen molar-refractivity contribution < 1.29 is 23.8 Å². The lowest BCUT2D eigenvalue weighted by Crippen LogP contribution is -2.19. The van der Waals surface area contributed by atoms with Gasteiger partial charge in [0.15, 0.2) is 11.5 Å². The summed E-state index contributed by atoms with van der Waals surface area (Å²) in [5, 5.41) is 5.90. The van der Waals surface area contributed by atoms with Crippen LogP contribution in [0.2, 0.25) is 10.0 Å². The summed E-state index contributed by atoms with van der Waals surface area (Å²) in [5.41, 5.74) is 5.52. The maximum absolute atomic E-state index is 13.4. The van der Waals surface area contributed by atoms with Crippen molar-refractivity contribution in [2.75, 3.05) is 13.2 Å². The van der Waals surface area contributed by atoms with Crippen LogP contribution in [0.15, 0.2) is 88.4 Å². The van der Waals surface area contributed by atoms with Crippen molar-refractivity contribution >= 4 is 68.1 Å². The van der Waals surface area contributed by atoms with Crippen LogP contribution in [0.25, 0.3) is 22.0 Å². The highest BCUT2D eigenvalue weighted by Crippen LogP contribution is 2.37. The van der Waals surface area contributed by atoms with Crippen LogP contribution >= 0.6 is 39.1 Å². The molecule has 224 valence electrons. The Hall–Kier alpha value is -4.31. The summed E-state index contributed by atoms with van der Waals surface area (Å²) in [6, 6.07) is 22.4. The van der Waals surface area contributed by atoms with Crippen molar-refractivity contribution in [3.05, 3.63) is 110 Å². The number of hydrogen-bond acceptors (Lipinski definition) is 6. The lowest BCUT2D eigenvalue weighted by atomic mass is 10.0. The number of fused-ring (bicyclic) bond motifs is 1. The number of amides is 1. The van der Waals surface area contributed by atoms with Crippen LogP contribution in [0.4, 0.5) is 0 Å². The molecule has 1 amide bonds. The van der Waals surface area contributed by atoms with Crippen molar-refractivity contribution in [3.63, 3.8) is 0 Å². The fourth-order valence-electron chi connectivity index (χ4n) is 4.54. The van der Waals surface area contributed by atoms with Gasteiger partial charge in [0, 0.05) is 42.1 Å². The van der Waals surface area contributed by atoms with E-state index in [-0.39, 0.29) is 17.0 Å². The Morgan fingerprint density at radius 3 is 2.43 bits per heavy atom. The number of aromatic nitrogens is 1. The van der Waals surface area contributed by atoms with E-state index in [1.54, 1.807) is 60.7 Å². The summed E-state index contributed by atoms with van der Waals surface area (Å²) in [6.07, 6.45) is 1.39. The summed E-state index contributed by atoms with van der Waals surface area (Å²) < 4.78 is 17.6. The van der Waals surface area contributed by atoms with Crippen molar-refractivity contribution in [3.8, 4) is 28.4 Å². The number of carbonyl (C=O) groups is 2. The largest absolute Gasteiger partial charge is 0.490 e. The number of halogens is 3. The molecule has 11 heteroatoms. The van der Waals surface area contributed by atoms with Crippen molar-refractivity contribution in [1.82, 2.24) is 10.4 Å². The van der Waals surface area contributed by atoms with Gasteiger partial charge in [0.1, 0.15) is 11.4 Å².